The van der Waals surface area contributed by atoms with E-state index in [1.54, 1.807) is 12.1 Å². The molecule has 1 aliphatic heterocycles. The van der Waals surface area contributed by atoms with Gasteiger partial charge in [-0.15, -0.1) is 0 Å². The van der Waals surface area contributed by atoms with E-state index in [0.717, 1.165) is 88.3 Å². The van der Waals surface area contributed by atoms with Crippen LogP contribution in [0, 0.1) is 17.5 Å². The quantitative estimate of drug-likeness (QED) is 0.0274. The van der Waals surface area contributed by atoms with Crippen LogP contribution in [-0.4, -0.2) is 98.7 Å². The van der Waals surface area contributed by atoms with Crippen LogP contribution in [0.5, 0.6) is 11.5 Å². The maximum atomic E-state index is 13.5. The van der Waals surface area contributed by atoms with Crippen molar-refractivity contribution in [1.29, 1.82) is 0 Å². The maximum absolute atomic E-state index is 13.5. The van der Waals surface area contributed by atoms with E-state index in [9.17, 15) is 48.6 Å². The normalized spacial score (nSPS) is 20.7. The number of hydrogen-bond donors (Lipinski definition) is 7. The van der Waals surface area contributed by atoms with Crippen LogP contribution >= 0.6 is 0 Å². The van der Waals surface area contributed by atoms with E-state index in [1.807, 2.05) is 12.1 Å². The van der Waals surface area contributed by atoms with Crippen molar-refractivity contribution in [2.24, 2.45) is 0 Å². The monoisotopic (exact) mass is 870 g/mol. The molecule has 1 saturated heterocycles. The van der Waals surface area contributed by atoms with Gasteiger partial charge in [-0.05, 0) is 43.4 Å². The number of carbonyl (C=O) groups excluding carboxylic acids is 1. The van der Waals surface area contributed by atoms with Crippen LogP contribution in [0.1, 0.15) is 154 Å². The van der Waals surface area contributed by atoms with E-state index in [1.165, 1.54) is 51.4 Å². The topological polar surface area (TPSA) is 178 Å². The lowest BCUT2D eigenvalue weighted by molar-refractivity contribution is -0.303. The highest BCUT2D eigenvalue weighted by molar-refractivity contribution is 5.76. The van der Waals surface area contributed by atoms with E-state index in [2.05, 4.69) is 12.2 Å². The number of halogens is 3. The Morgan fingerprint density at radius 1 is 0.705 bits per heavy atom. The molecule has 0 bridgehead atoms. The third-order valence-corrected chi connectivity index (χ3v) is 11.5. The van der Waals surface area contributed by atoms with Gasteiger partial charge in [-0.1, -0.05) is 135 Å². The highest BCUT2D eigenvalue weighted by Gasteiger charge is 2.44. The minimum absolute atomic E-state index is 0.120. The first-order valence-corrected chi connectivity index (χ1v) is 22.9. The lowest BCUT2D eigenvalue weighted by Gasteiger charge is -2.40. The van der Waals surface area contributed by atoms with Gasteiger partial charge in [-0.2, -0.15) is 0 Å². The van der Waals surface area contributed by atoms with Gasteiger partial charge in [0.15, 0.2) is 23.7 Å². The average Bonchev–Trinajstić information content (AvgIpc) is 3.25. The number of unbranched alkanes of at least 4 members (excludes halogenated alkanes) is 18. The molecule has 1 aliphatic rings. The molecule has 0 aromatic heterocycles. The Bertz CT molecular complexity index is 1450. The van der Waals surface area contributed by atoms with Crippen molar-refractivity contribution in [2.45, 2.75) is 204 Å². The smallest absolute Gasteiger partial charge is 0.220 e. The summed E-state index contributed by atoms with van der Waals surface area (Å²) >= 11 is 0. The average molecular weight is 870 g/mol. The molecule has 7 N–H and O–H groups in total. The van der Waals surface area contributed by atoms with Crippen molar-refractivity contribution in [3.63, 3.8) is 0 Å². The Morgan fingerprint density at radius 2 is 1.23 bits per heavy atom. The molecule has 0 aliphatic carbocycles. The molecule has 0 saturated carbocycles. The van der Waals surface area contributed by atoms with Crippen molar-refractivity contribution >= 4 is 5.91 Å². The lowest BCUT2D eigenvalue weighted by atomic mass is 9.98. The second-order valence-electron chi connectivity index (χ2n) is 16.7. The Labute approximate surface area is 361 Å². The number of ether oxygens (including phenoxy) is 3. The third-order valence-electron chi connectivity index (χ3n) is 11.5. The first-order chi connectivity index (χ1) is 29.4. The fourth-order valence-corrected chi connectivity index (χ4v) is 7.67. The van der Waals surface area contributed by atoms with Crippen molar-refractivity contribution in [3.8, 4) is 11.5 Å². The van der Waals surface area contributed by atoms with E-state index in [4.69, 9.17) is 14.2 Å². The standard InChI is InChI=1S/C47H74F3NO10/c1-2-3-4-5-6-7-8-9-10-14-17-20-23-39(53)43(55)38(32-59-47-46(58)45(57)44(56)40(31-52)61-47)51-41(54)24-21-18-15-12-11-13-16-19-22-33-25-27-34(28-26-33)60-35-29-36(48)42(50)37(49)30-35/h25-30,38-40,43-47,52-53,55-58H,2-24,31-32H2,1H3,(H,51,54)/t38-,39+,40?,43-,44-,45-,46?,47-/m0/s1. The van der Waals surface area contributed by atoms with Crippen molar-refractivity contribution in [3.05, 3.63) is 59.4 Å². The van der Waals surface area contributed by atoms with Gasteiger partial charge in [0, 0.05) is 18.6 Å². The van der Waals surface area contributed by atoms with Gasteiger partial charge in [0.05, 0.1) is 25.4 Å². The van der Waals surface area contributed by atoms with Crippen molar-refractivity contribution in [2.75, 3.05) is 13.2 Å². The predicted molar refractivity (Wildman–Crippen MR) is 227 cm³/mol. The van der Waals surface area contributed by atoms with Gasteiger partial charge in [0.2, 0.25) is 5.91 Å². The third kappa shape index (κ3) is 20.1. The number of aryl methyl sites for hydroxylation is 1. The number of aliphatic hydroxyl groups excluding tert-OH is 6. The molecule has 2 aromatic rings. The number of carbonyl (C=O) groups is 1. The van der Waals surface area contributed by atoms with E-state index >= 15 is 0 Å². The summed E-state index contributed by atoms with van der Waals surface area (Å²) in [4.78, 5) is 13.0. The number of amides is 1. The van der Waals surface area contributed by atoms with Gasteiger partial charge in [-0.3, -0.25) is 4.79 Å². The summed E-state index contributed by atoms with van der Waals surface area (Å²) in [6, 6.07) is 7.76. The first kappa shape index (κ1) is 52.5. The maximum Gasteiger partial charge on any atom is 0.220 e. The van der Waals surface area contributed by atoms with Gasteiger partial charge in [-0.25, -0.2) is 13.2 Å². The zero-order valence-electron chi connectivity index (χ0n) is 36.2. The molecule has 8 atom stereocenters. The number of nitrogens with one attached hydrogen (secondary N) is 1. The summed E-state index contributed by atoms with van der Waals surface area (Å²) in [5.41, 5.74) is 1.10. The minimum Gasteiger partial charge on any atom is -0.457 e. The molecule has 2 aromatic carbocycles. The van der Waals surface area contributed by atoms with Gasteiger partial charge in [0.25, 0.3) is 0 Å². The molecule has 2 unspecified atom stereocenters. The summed E-state index contributed by atoms with van der Waals surface area (Å²) in [5.74, 6) is -4.21. The van der Waals surface area contributed by atoms with Gasteiger partial charge in [0.1, 0.15) is 42.0 Å². The number of hydrogen-bond acceptors (Lipinski definition) is 10. The highest BCUT2D eigenvalue weighted by atomic mass is 19.2. The molecule has 1 fully saturated rings. The van der Waals surface area contributed by atoms with Crippen LogP contribution in [0.25, 0.3) is 0 Å². The van der Waals surface area contributed by atoms with Crippen LogP contribution in [0.15, 0.2) is 36.4 Å². The SMILES string of the molecule is CCCCCCCCCCCCCC[C@@H](O)[C@@H](O)[C@H](CO[C@H]1OC(CO)[C@H](O)[C@H](O)C1O)NC(=O)CCCCCCCCCCc1ccc(Oc2cc(F)c(F)c(F)c2)cc1. The van der Waals surface area contributed by atoms with E-state index in [0.29, 0.717) is 25.0 Å². The van der Waals surface area contributed by atoms with Crippen LogP contribution in [0.4, 0.5) is 13.2 Å². The zero-order valence-corrected chi connectivity index (χ0v) is 36.2. The van der Waals surface area contributed by atoms with Crippen LogP contribution in [0.2, 0.25) is 0 Å². The number of benzene rings is 2. The largest absolute Gasteiger partial charge is 0.457 e. The lowest BCUT2D eigenvalue weighted by Crippen LogP contribution is -2.60. The van der Waals surface area contributed by atoms with Crippen LogP contribution in [-0.2, 0) is 20.7 Å². The Kier molecular flexibility index (Phi) is 26.1. The van der Waals surface area contributed by atoms with Crippen molar-refractivity contribution in [1.82, 2.24) is 5.32 Å². The van der Waals surface area contributed by atoms with Crippen LogP contribution < -0.4 is 10.1 Å². The molecule has 11 nitrogen and oxygen atoms in total. The molecule has 0 radical (unpaired) electrons. The van der Waals surface area contributed by atoms with Gasteiger partial charge >= 0.3 is 0 Å². The highest BCUT2D eigenvalue weighted by Crippen LogP contribution is 2.27. The Morgan fingerprint density at radius 3 is 1.79 bits per heavy atom. The second-order valence-corrected chi connectivity index (χ2v) is 16.7. The molecule has 61 heavy (non-hydrogen) atoms. The fourth-order valence-electron chi connectivity index (χ4n) is 7.67. The van der Waals surface area contributed by atoms with Gasteiger partial charge < -0.3 is 50.2 Å². The molecule has 0 spiro atoms. The number of aliphatic hydroxyl groups is 6. The molecule has 1 amide bonds. The summed E-state index contributed by atoms with van der Waals surface area (Å²) in [7, 11) is 0. The first-order valence-electron chi connectivity index (χ1n) is 22.9. The zero-order chi connectivity index (χ0) is 44.4. The predicted octanol–water partition coefficient (Wildman–Crippen LogP) is 8.06. The summed E-state index contributed by atoms with van der Waals surface area (Å²) in [5, 5.41) is 65.1. The summed E-state index contributed by atoms with van der Waals surface area (Å²) < 4.78 is 56.7. The number of rotatable bonds is 33. The molecule has 348 valence electrons. The Hall–Kier alpha value is -2.82. The molecular formula is C47H74F3NO10. The molecule has 14 heteroatoms. The minimum atomic E-state index is -1.64. The molecular weight excluding hydrogens is 796 g/mol. The molecule has 3 rings (SSSR count). The Balaban J connectivity index is 1.33. The summed E-state index contributed by atoms with van der Waals surface area (Å²) in [6.07, 6.45) is 13.1. The second kappa shape index (κ2) is 30.3. The summed E-state index contributed by atoms with van der Waals surface area (Å²) in [6.45, 7) is 1.24. The van der Waals surface area contributed by atoms with E-state index in [-0.39, 0.29) is 24.7 Å². The van der Waals surface area contributed by atoms with Crippen LogP contribution in [0.3, 0.4) is 0 Å². The fraction of sp³-hybridized carbons (Fsp3) is 0.723. The van der Waals surface area contributed by atoms with E-state index < -0.39 is 73.0 Å². The van der Waals surface area contributed by atoms with Crippen molar-refractivity contribution < 1.29 is 62.8 Å². The molecule has 1 heterocycles.